The van der Waals surface area contributed by atoms with E-state index in [9.17, 15) is 14.4 Å². The summed E-state index contributed by atoms with van der Waals surface area (Å²) in [5.74, 6) is -0.428. The first-order valence-corrected chi connectivity index (χ1v) is 8.32. The van der Waals surface area contributed by atoms with Crippen molar-refractivity contribution >= 4 is 17.7 Å². The highest BCUT2D eigenvalue weighted by molar-refractivity contribution is 6.01. The summed E-state index contributed by atoms with van der Waals surface area (Å²) < 4.78 is 0. The lowest BCUT2D eigenvalue weighted by Gasteiger charge is -2.15. The van der Waals surface area contributed by atoms with E-state index in [1.54, 1.807) is 24.3 Å². The second-order valence-electron chi connectivity index (χ2n) is 6.18. The van der Waals surface area contributed by atoms with E-state index in [1.807, 2.05) is 37.3 Å². The van der Waals surface area contributed by atoms with Crippen LogP contribution in [0.4, 0.5) is 0 Å². The summed E-state index contributed by atoms with van der Waals surface area (Å²) >= 11 is 0. The Hall–Kier alpha value is -2.95. The number of nitrogens with zero attached hydrogens (tertiary/aromatic N) is 1. The van der Waals surface area contributed by atoms with Gasteiger partial charge in [0.2, 0.25) is 11.8 Å². The summed E-state index contributed by atoms with van der Waals surface area (Å²) in [6.45, 7) is 2.20. The number of benzene rings is 2. The molecule has 1 fully saturated rings. The average Bonchev–Trinajstić information content (AvgIpc) is 2.95. The molecular weight excluding hydrogens is 316 g/mol. The van der Waals surface area contributed by atoms with Gasteiger partial charge in [0.15, 0.2) is 0 Å². The smallest absolute Gasteiger partial charge is 0.251 e. The highest BCUT2D eigenvalue weighted by Gasteiger charge is 2.28. The van der Waals surface area contributed by atoms with E-state index >= 15 is 0 Å². The maximum absolute atomic E-state index is 12.4. The number of carbonyl (C=O) groups excluding carboxylic acids is 3. The zero-order chi connectivity index (χ0) is 17.8. The molecule has 1 atom stereocenters. The van der Waals surface area contributed by atoms with Gasteiger partial charge in [-0.2, -0.15) is 0 Å². The molecule has 5 heteroatoms. The van der Waals surface area contributed by atoms with Crippen molar-refractivity contribution in [2.75, 3.05) is 0 Å². The number of carbonyl (C=O) groups is 3. The van der Waals surface area contributed by atoms with Crippen molar-refractivity contribution in [2.45, 2.75) is 32.4 Å². The molecule has 1 N–H and O–H groups in total. The van der Waals surface area contributed by atoms with Crippen LogP contribution in [0.5, 0.6) is 0 Å². The van der Waals surface area contributed by atoms with Crippen molar-refractivity contribution in [3.05, 3.63) is 71.3 Å². The van der Waals surface area contributed by atoms with E-state index in [2.05, 4.69) is 5.32 Å². The number of hydrogen-bond donors (Lipinski definition) is 1. The van der Waals surface area contributed by atoms with Crippen LogP contribution >= 0.6 is 0 Å². The van der Waals surface area contributed by atoms with Gasteiger partial charge < -0.3 is 5.32 Å². The Morgan fingerprint density at radius 1 is 1.00 bits per heavy atom. The third kappa shape index (κ3) is 3.94. The van der Waals surface area contributed by atoms with Crippen LogP contribution in [0.2, 0.25) is 0 Å². The minimum absolute atomic E-state index is 0.0896. The van der Waals surface area contributed by atoms with Gasteiger partial charge in [0.05, 0.1) is 12.6 Å². The van der Waals surface area contributed by atoms with Crippen LogP contribution in [0.15, 0.2) is 54.6 Å². The molecule has 5 nitrogen and oxygen atoms in total. The zero-order valence-corrected chi connectivity index (χ0v) is 14.1. The van der Waals surface area contributed by atoms with Gasteiger partial charge in [-0.3, -0.25) is 19.3 Å². The van der Waals surface area contributed by atoms with E-state index in [-0.39, 0.29) is 43.1 Å². The van der Waals surface area contributed by atoms with Crippen molar-refractivity contribution < 1.29 is 14.4 Å². The summed E-state index contributed by atoms with van der Waals surface area (Å²) in [4.78, 5) is 37.0. The third-order valence-corrected chi connectivity index (χ3v) is 4.36. The fraction of sp³-hybridized carbons (Fsp3) is 0.250. The molecule has 2 aromatic rings. The number of likely N-dealkylation sites (tertiary alicyclic amines) is 1. The molecule has 0 aromatic heterocycles. The largest absolute Gasteiger partial charge is 0.346 e. The first-order valence-electron chi connectivity index (χ1n) is 8.32. The number of rotatable bonds is 5. The summed E-state index contributed by atoms with van der Waals surface area (Å²) in [5, 5.41) is 2.96. The van der Waals surface area contributed by atoms with Crippen LogP contribution in [0.3, 0.4) is 0 Å². The van der Waals surface area contributed by atoms with Crippen molar-refractivity contribution in [1.29, 1.82) is 0 Å². The number of imide groups is 1. The van der Waals surface area contributed by atoms with Crippen LogP contribution in [-0.4, -0.2) is 22.6 Å². The van der Waals surface area contributed by atoms with E-state index in [0.717, 1.165) is 11.1 Å². The topological polar surface area (TPSA) is 66.5 Å². The second kappa shape index (κ2) is 7.30. The standard InChI is InChI=1S/C20H20N2O3/c1-14(16-5-3-2-4-6-16)21-20(25)17-9-7-15(8-10-17)13-22-18(23)11-12-19(22)24/h2-10,14H,11-13H2,1H3,(H,21,25)/t14-/m0/s1. The molecule has 0 unspecified atom stereocenters. The van der Waals surface area contributed by atoms with Crippen LogP contribution in [0, 0.1) is 0 Å². The van der Waals surface area contributed by atoms with Gasteiger partial charge in [0.1, 0.15) is 0 Å². The molecule has 0 saturated carbocycles. The molecular formula is C20H20N2O3. The highest BCUT2D eigenvalue weighted by Crippen LogP contribution is 2.17. The van der Waals surface area contributed by atoms with E-state index in [0.29, 0.717) is 5.56 Å². The monoisotopic (exact) mass is 336 g/mol. The molecule has 3 amide bonds. The van der Waals surface area contributed by atoms with Gasteiger partial charge in [-0.15, -0.1) is 0 Å². The molecule has 3 rings (SSSR count). The first-order chi connectivity index (χ1) is 12.0. The predicted molar refractivity (Wildman–Crippen MR) is 93.6 cm³/mol. The van der Waals surface area contributed by atoms with Crippen LogP contribution in [0.25, 0.3) is 0 Å². The summed E-state index contributed by atoms with van der Waals surface area (Å²) in [5.41, 5.74) is 2.42. The van der Waals surface area contributed by atoms with E-state index in [1.165, 1.54) is 4.90 Å². The molecule has 128 valence electrons. The van der Waals surface area contributed by atoms with Gasteiger partial charge in [0.25, 0.3) is 5.91 Å². The minimum atomic E-state index is -0.156. The van der Waals surface area contributed by atoms with Crippen molar-refractivity contribution in [3.63, 3.8) is 0 Å². The van der Waals surface area contributed by atoms with Crippen LogP contribution in [0.1, 0.15) is 47.3 Å². The maximum atomic E-state index is 12.4. The van der Waals surface area contributed by atoms with Crippen molar-refractivity contribution in [1.82, 2.24) is 10.2 Å². The van der Waals surface area contributed by atoms with E-state index in [4.69, 9.17) is 0 Å². The SMILES string of the molecule is C[C@H](NC(=O)c1ccc(CN2C(=O)CCC2=O)cc1)c1ccccc1. The lowest BCUT2D eigenvalue weighted by Crippen LogP contribution is -2.28. The van der Waals surface area contributed by atoms with Crippen molar-refractivity contribution in [3.8, 4) is 0 Å². The van der Waals surface area contributed by atoms with Gasteiger partial charge in [-0.25, -0.2) is 0 Å². The van der Waals surface area contributed by atoms with E-state index < -0.39 is 0 Å². The lowest BCUT2D eigenvalue weighted by atomic mass is 10.1. The molecule has 1 aliphatic heterocycles. The van der Waals surface area contributed by atoms with Gasteiger partial charge in [-0.1, -0.05) is 42.5 Å². The quantitative estimate of drug-likeness (QED) is 0.854. The predicted octanol–water partition coefficient (Wildman–Crippen LogP) is 2.83. The Kier molecular flexibility index (Phi) is 4.93. The Bertz CT molecular complexity index is 768. The molecule has 0 aliphatic carbocycles. The average molecular weight is 336 g/mol. The molecule has 1 aliphatic rings. The minimum Gasteiger partial charge on any atom is -0.346 e. The lowest BCUT2D eigenvalue weighted by molar-refractivity contribution is -0.139. The third-order valence-electron chi connectivity index (χ3n) is 4.36. The van der Waals surface area contributed by atoms with Crippen LogP contribution in [-0.2, 0) is 16.1 Å². The van der Waals surface area contributed by atoms with Gasteiger partial charge in [0, 0.05) is 18.4 Å². The Morgan fingerprint density at radius 3 is 2.20 bits per heavy atom. The molecule has 0 spiro atoms. The molecule has 1 saturated heterocycles. The molecule has 0 bridgehead atoms. The zero-order valence-electron chi connectivity index (χ0n) is 14.1. The Balaban J connectivity index is 1.62. The summed E-state index contributed by atoms with van der Waals surface area (Å²) in [6.07, 6.45) is 0.577. The van der Waals surface area contributed by atoms with Crippen molar-refractivity contribution in [2.24, 2.45) is 0 Å². The maximum Gasteiger partial charge on any atom is 0.251 e. The molecule has 25 heavy (non-hydrogen) atoms. The Labute approximate surface area is 146 Å². The fourth-order valence-electron chi connectivity index (χ4n) is 2.85. The number of nitrogens with one attached hydrogen (secondary N) is 1. The van der Waals surface area contributed by atoms with Gasteiger partial charge >= 0.3 is 0 Å². The second-order valence-corrected chi connectivity index (χ2v) is 6.18. The van der Waals surface area contributed by atoms with Crippen LogP contribution < -0.4 is 5.32 Å². The first kappa shape index (κ1) is 16.9. The molecule has 0 radical (unpaired) electrons. The molecule has 2 aromatic carbocycles. The normalized spacial score (nSPS) is 15.3. The van der Waals surface area contributed by atoms with Gasteiger partial charge in [-0.05, 0) is 30.2 Å². The Morgan fingerprint density at radius 2 is 1.60 bits per heavy atom. The molecule has 1 heterocycles. The fourth-order valence-corrected chi connectivity index (χ4v) is 2.85. The summed E-state index contributed by atoms with van der Waals surface area (Å²) in [7, 11) is 0. The number of hydrogen-bond acceptors (Lipinski definition) is 3. The highest BCUT2D eigenvalue weighted by atomic mass is 16.2. The summed E-state index contributed by atoms with van der Waals surface area (Å²) in [6, 6.07) is 16.7. The number of amides is 3.